The first-order valence-corrected chi connectivity index (χ1v) is 12.5. The Bertz CT molecular complexity index is 707. The monoisotopic (exact) mass is 465 g/mol. The van der Waals surface area contributed by atoms with Crippen LogP contribution in [0.3, 0.4) is 0 Å². The van der Waals surface area contributed by atoms with Crippen LogP contribution < -0.4 is 5.32 Å². The van der Waals surface area contributed by atoms with E-state index in [2.05, 4.69) is 24.1 Å². The SMILES string of the molecule is CCC(CC)N1CCCCC1C(=O)N[C@H](C(=O)N(C)[C@H](C=C(C)C(=O)O)C(C)C)C(C)(C)C. The number of carboxylic acid groups (broad SMARTS) is 1. The zero-order valence-corrected chi connectivity index (χ0v) is 22.3. The third-order valence-electron chi connectivity index (χ3n) is 6.89. The van der Waals surface area contributed by atoms with Crippen molar-refractivity contribution in [3.8, 4) is 0 Å². The molecule has 0 aromatic rings. The van der Waals surface area contributed by atoms with Crippen LogP contribution in [0.1, 0.15) is 87.5 Å². The number of piperidine rings is 1. The number of carbonyl (C=O) groups excluding carboxylic acids is 2. The molecule has 0 bridgehead atoms. The maximum atomic E-state index is 13.7. The van der Waals surface area contributed by atoms with Crippen molar-refractivity contribution in [2.45, 2.75) is 112 Å². The zero-order valence-electron chi connectivity index (χ0n) is 22.3. The van der Waals surface area contributed by atoms with Gasteiger partial charge in [0.05, 0.1) is 12.1 Å². The van der Waals surface area contributed by atoms with E-state index in [9.17, 15) is 19.5 Å². The number of carboxylic acids is 1. The minimum atomic E-state index is -0.999. The highest BCUT2D eigenvalue weighted by atomic mass is 16.4. The molecule has 1 aliphatic heterocycles. The Morgan fingerprint density at radius 2 is 1.73 bits per heavy atom. The first kappa shape index (κ1) is 29.1. The van der Waals surface area contributed by atoms with E-state index in [1.54, 1.807) is 18.0 Å². The van der Waals surface area contributed by atoms with Crippen LogP contribution >= 0.6 is 0 Å². The Morgan fingerprint density at radius 3 is 2.18 bits per heavy atom. The molecule has 2 amide bonds. The number of rotatable bonds is 10. The van der Waals surface area contributed by atoms with Crippen LogP contribution in [0.15, 0.2) is 11.6 Å². The smallest absolute Gasteiger partial charge is 0.331 e. The molecule has 2 N–H and O–H groups in total. The summed E-state index contributed by atoms with van der Waals surface area (Å²) in [5.74, 6) is -1.26. The summed E-state index contributed by atoms with van der Waals surface area (Å²) < 4.78 is 0. The molecule has 33 heavy (non-hydrogen) atoms. The number of hydrogen-bond donors (Lipinski definition) is 2. The van der Waals surface area contributed by atoms with Crippen LogP contribution in [-0.4, -0.2) is 70.4 Å². The standard InChI is InChI=1S/C26H47N3O4/c1-10-19(11-2)29-15-13-12-14-20(29)23(30)27-22(26(6,7)8)24(31)28(9)21(17(3)4)16-18(5)25(32)33/h16-17,19-22H,10-15H2,1-9H3,(H,27,30)(H,32,33)/t20?,21-,22-/m1/s1. The highest BCUT2D eigenvalue weighted by molar-refractivity contribution is 5.91. The summed E-state index contributed by atoms with van der Waals surface area (Å²) in [5.41, 5.74) is -0.296. The fraction of sp³-hybridized carbons (Fsp3) is 0.808. The molecule has 1 aliphatic rings. The molecule has 0 aliphatic carbocycles. The number of nitrogens with zero attached hydrogens (tertiary/aromatic N) is 2. The van der Waals surface area contributed by atoms with Crippen LogP contribution in [0.2, 0.25) is 0 Å². The van der Waals surface area contributed by atoms with Crippen LogP contribution in [0.4, 0.5) is 0 Å². The van der Waals surface area contributed by atoms with Gasteiger partial charge >= 0.3 is 5.97 Å². The Balaban J connectivity index is 3.18. The van der Waals surface area contributed by atoms with Gasteiger partial charge in [-0.25, -0.2) is 4.79 Å². The van der Waals surface area contributed by atoms with Crippen molar-refractivity contribution in [2.75, 3.05) is 13.6 Å². The maximum Gasteiger partial charge on any atom is 0.331 e. The van der Waals surface area contributed by atoms with Crippen LogP contribution in [0.5, 0.6) is 0 Å². The molecular formula is C26H47N3O4. The van der Waals surface area contributed by atoms with Gasteiger partial charge in [-0.2, -0.15) is 0 Å². The average molecular weight is 466 g/mol. The van der Waals surface area contributed by atoms with Crippen molar-refractivity contribution in [1.29, 1.82) is 0 Å². The normalized spacial score (nSPS) is 20.0. The molecule has 190 valence electrons. The van der Waals surface area contributed by atoms with Gasteiger partial charge in [-0.1, -0.05) is 61.0 Å². The van der Waals surface area contributed by atoms with Gasteiger partial charge in [-0.15, -0.1) is 0 Å². The molecule has 0 aromatic heterocycles. The highest BCUT2D eigenvalue weighted by Gasteiger charge is 2.40. The quantitative estimate of drug-likeness (QED) is 0.475. The van der Waals surface area contributed by atoms with Crippen LogP contribution in [0.25, 0.3) is 0 Å². The molecule has 7 heteroatoms. The fourth-order valence-corrected chi connectivity index (χ4v) is 4.75. The number of amides is 2. The lowest BCUT2D eigenvalue weighted by molar-refractivity contribution is -0.142. The Morgan fingerprint density at radius 1 is 1.15 bits per heavy atom. The van der Waals surface area contributed by atoms with Gasteiger partial charge in [0.1, 0.15) is 6.04 Å². The third kappa shape index (κ3) is 7.83. The van der Waals surface area contributed by atoms with Crippen molar-refractivity contribution >= 4 is 17.8 Å². The number of aliphatic carboxylic acids is 1. The van der Waals surface area contributed by atoms with Crippen LogP contribution in [-0.2, 0) is 14.4 Å². The van der Waals surface area contributed by atoms with Crippen molar-refractivity contribution in [1.82, 2.24) is 15.1 Å². The predicted octanol–water partition coefficient (Wildman–Crippen LogP) is 4.07. The van der Waals surface area contributed by atoms with Gasteiger partial charge in [0.2, 0.25) is 11.8 Å². The van der Waals surface area contributed by atoms with Gasteiger partial charge in [-0.05, 0) is 50.5 Å². The molecule has 0 aromatic carbocycles. The van der Waals surface area contributed by atoms with E-state index in [0.29, 0.717) is 6.04 Å². The molecule has 1 unspecified atom stereocenters. The molecular weight excluding hydrogens is 418 g/mol. The average Bonchev–Trinajstić information content (AvgIpc) is 2.74. The predicted molar refractivity (Wildman–Crippen MR) is 133 cm³/mol. The minimum Gasteiger partial charge on any atom is -0.478 e. The van der Waals surface area contributed by atoms with E-state index in [4.69, 9.17) is 0 Å². The van der Waals surface area contributed by atoms with E-state index < -0.39 is 17.4 Å². The van der Waals surface area contributed by atoms with Gasteiger partial charge < -0.3 is 15.3 Å². The van der Waals surface area contributed by atoms with Crippen LogP contribution in [0, 0.1) is 11.3 Å². The minimum absolute atomic E-state index is 0.0215. The van der Waals surface area contributed by atoms with E-state index in [-0.39, 0.29) is 35.4 Å². The van der Waals surface area contributed by atoms with E-state index in [1.165, 1.54) is 6.92 Å². The molecule has 7 nitrogen and oxygen atoms in total. The zero-order chi connectivity index (χ0) is 25.5. The molecule has 3 atom stereocenters. The van der Waals surface area contributed by atoms with Crippen molar-refractivity contribution < 1.29 is 19.5 Å². The van der Waals surface area contributed by atoms with Gasteiger partial charge in [0.15, 0.2) is 0 Å². The summed E-state index contributed by atoms with van der Waals surface area (Å²) in [5, 5.41) is 12.4. The molecule has 1 saturated heterocycles. The van der Waals surface area contributed by atoms with Crippen molar-refractivity contribution in [3.63, 3.8) is 0 Å². The third-order valence-corrected chi connectivity index (χ3v) is 6.89. The summed E-state index contributed by atoms with van der Waals surface area (Å²) in [6, 6.07) is -0.949. The fourth-order valence-electron chi connectivity index (χ4n) is 4.75. The first-order valence-electron chi connectivity index (χ1n) is 12.5. The van der Waals surface area contributed by atoms with E-state index in [1.807, 2.05) is 34.6 Å². The van der Waals surface area contributed by atoms with Crippen molar-refractivity contribution in [3.05, 3.63) is 11.6 Å². The van der Waals surface area contributed by atoms with Gasteiger partial charge in [0, 0.05) is 18.7 Å². The maximum absolute atomic E-state index is 13.7. The largest absolute Gasteiger partial charge is 0.478 e. The summed E-state index contributed by atoms with van der Waals surface area (Å²) in [4.78, 5) is 42.4. The second kappa shape index (κ2) is 12.5. The lowest BCUT2D eigenvalue weighted by Gasteiger charge is -2.42. The number of hydrogen-bond acceptors (Lipinski definition) is 4. The number of likely N-dealkylation sites (N-methyl/N-ethyl adjacent to an activating group) is 1. The second-order valence-electron chi connectivity index (χ2n) is 10.9. The Hall–Kier alpha value is -1.89. The lowest BCUT2D eigenvalue weighted by Crippen LogP contribution is -2.61. The molecule has 0 radical (unpaired) electrons. The Kier molecular flexibility index (Phi) is 11.1. The lowest BCUT2D eigenvalue weighted by atomic mass is 9.84. The topological polar surface area (TPSA) is 90.0 Å². The van der Waals surface area contributed by atoms with Gasteiger partial charge in [0.25, 0.3) is 0 Å². The molecule has 0 spiro atoms. The number of nitrogens with one attached hydrogen (secondary N) is 1. The summed E-state index contributed by atoms with van der Waals surface area (Å²) in [6.45, 7) is 16.5. The summed E-state index contributed by atoms with van der Waals surface area (Å²) in [6.07, 6.45) is 6.53. The van der Waals surface area contributed by atoms with Crippen molar-refractivity contribution in [2.24, 2.45) is 11.3 Å². The highest BCUT2D eigenvalue weighted by Crippen LogP contribution is 2.26. The number of likely N-dealkylation sites (tertiary alicyclic amines) is 1. The first-order chi connectivity index (χ1) is 15.3. The number of carbonyl (C=O) groups is 3. The summed E-state index contributed by atoms with van der Waals surface area (Å²) >= 11 is 0. The van der Waals surface area contributed by atoms with E-state index in [0.717, 1.165) is 38.6 Å². The molecule has 1 fully saturated rings. The summed E-state index contributed by atoms with van der Waals surface area (Å²) in [7, 11) is 1.70. The molecule has 0 saturated carbocycles. The van der Waals surface area contributed by atoms with Gasteiger partial charge in [-0.3, -0.25) is 14.5 Å². The molecule has 1 rings (SSSR count). The molecule has 1 heterocycles. The Labute approximate surface area is 201 Å². The second-order valence-corrected chi connectivity index (χ2v) is 10.9. The van der Waals surface area contributed by atoms with E-state index >= 15 is 0 Å².